The molecule has 0 spiro atoms. The minimum absolute atomic E-state index is 0. The van der Waals surface area contributed by atoms with E-state index in [1.54, 1.807) is 13.1 Å². The fraction of sp³-hybridized carbons (Fsp3) is 0.500. The quantitative estimate of drug-likeness (QED) is 0.441. The highest BCUT2D eigenvalue weighted by Gasteiger charge is 2.00. The lowest BCUT2D eigenvalue weighted by atomic mass is 10.2. The molecule has 0 heterocycles. The molecular formula is C14H24FIN4. The Morgan fingerprint density at radius 2 is 2.10 bits per heavy atom. The zero-order valence-electron chi connectivity index (χ0n) is 12.3. The van der Waals surface area contributed by atoms with Gasteiger partial charge in [0.25, 0.3) is 0 Å². The number of aliphatic imine (C=N–C) groups is 1. The van der Waals surface area contributed by atoms with Crippen molar-refractivity contribution in [2.75, 3.05) is 33.7 Å². The molecule has 0 bridgehead atoms. The number of benzene rings is 1. The lowest BCUT2D eigenvalue weighted by molar-refractivity contribution is 0.357. The second-order valence-electron chi connectivity index (χ2n) is 4.38. The Balaban J connectivity index is 0.00000361. The minimum atomic E-state index is -0.216. The van der Waals surface area contributed by atoms with Gasteiger partial charge in [0.1, 0.15) is 5.82 Å². The van der Waals surface area contributed by atoms with Gasteiger partial charge in [0.05, 0.1) is 0 Å². The van der Waals surface area contributed by atoms with Crippen molar-refractivity contribution in [2.24, 2.45) is 4.99 Å². The molecule has 20 heavy (non-hydrogen) atoms. The highest BCUT2D eigenvalue weighted by atomic mass is 127. The monoisotopic (exact) mass is 394 g/mol. The first kappa shape index (κ1) is 19.1. The largest absolute Gasteiger partial charge is 0.355 e. The molecule has 0 aliphatic carbocycles. The summed E-state index contributed by atoms with van der Waals surface area (Å²) in [6.07, 6.45) is 0. The van der Waals surface area contributed by atoms with Gasteiger partial charge in [-0.1, -0.05) is 19.1 Å². The van der Waals surface area contributed by atoms with Crippen LogP contribution in [0.5, 0.6) is 0 Å². The molecule has 114 valence electrons. The molecule has 0 aliphatic rings. The zero-order valence-corrected chi connectivity index (χ0v) is 14.6. The van der Waals surface area contributed by atoms with Crippen molar-refractivity contribution in [1.29, 1.82) is 0 Å². The van der Waals surface area contributed by atoms with Gasteiger partial charge in [-0.25, -0.2) is 4.39 Å². The van der Waals surface area contributed by atoms with E-state index in [4.69, 9.17) is 0 Å². The van der Waals surface area contributed by atoms with Gasteiger partial charge in [-0.3, -0.25) is 4.99 Å². The summed E-state index contributed by atoms with van der Waals surface area (Å²) in [6.45, 7) is 5.49. The topological polar surface area (TPSA) is 39.7 Å². The Hall–Kier alpha value is -0.890. The van der Waals surface area contributed by atoms with Crippen LogP contribution in [0.15, 0.2) is 29.3 Å². The predicted octanol–water partition coefficient (Wildman–Crippen LogP) is 2.06. The lowest BCUT2D eigenvalue weighted by Gasteiger charge is -2.16. The molecule has 4 nitrogen and oxygen atoms in total. The third-order valence-electron chi connectivity index (χ3n) is 2.90. The van der Waals surface area contributed by atoms with E-state index >= 15 is 0 Å². The Morgan fingerprint density at radius 1 is 1.35 bits per heavy atom. The van der Waals surface area contributed by atoms with Gasteiger partial charge in [0, 0.05) is 26.7 Å². The van der Waals surface area contributed by atoms with Gasteiger partial charge < -0.3 is 15.5 Å². The van der Waals surface area contributed by atoms with E-state index in [-0.39, 0.29) is 29.8 Å². The smallest absolute Gasteiger partial charge is 0.191 e. The standard InChI is InChI=1S/C14H23FN4.HI/c1-4-19(3)9-8-17-14(16-2)18-11-12-6-5-7-13(15)10-12;/h5-7,10H,4,8-9,11H2,1-3H3,(H2,16,17,18);1H. The normalized spacial score (nSPS) is 11.2. The number of halogens is 2. The Morgan fingerprint density at radius 3 is 2.70 bits per heavy atom. The van der Waals surface area contributed by atoms with E-state index in [9.17, 15) is 4.39 Å². The van der Waals surface area contributed by atoms with Crippen LogP contribution in [0.1, 0.15) is 12.5 Å². The average Bonchev–Trinajstić information content (AvgIpc) is 2.42. The van der Waals surface area contributed by atoms with Crippen LogP contribution in [-0.4, -0.2) is 44.6 Å². The van der Waals surface area contributed by atoms with Crippen molar-refractivity contribution < 1.29 is 4.39 Å². The highest BCUT2D eigenvalue weighted by Crippen LogP contribution is 2.02. The van der Waals surface area contributed by atoms with E-state index in [0.717, 1.165) is 31.2 Å². The zero-order chi connectivity index (χ0) is 14.1. The number of hydrogen-bond donors (Lipinski definition) is 2. The van der Waals surface area contributed by atoms with Crippen molar-refractivity contribution in [2.45, 2.75) is 13.5 Å². The van der Waals surface area contributed by atoms with Crippen LogP contribution in [-0.2, 0) is 6.54 Å². The first-order valence-electron chi connectivity index (χ1n) is 6.53. The van der Waals surface area contributed by atoms with E-state index < -0.39 is 0 Å². The molecule has 0 aromatic heterocycles. The van der Waals surface area contributed by atoms with Crippen molar-refractivity contribution in [3.05, 3.63) is 35.6 Å². The van der Waals surface area contributed by atoms with Crippen molar-refractivity contribution >= 4 is 29.9 Å². The molecule has 0 radical (unpaired) electrons. The second-order valence-corrected chi connectivity index (χ2v) is 4.38. The van der Waals surface area contributed by atoms with Crippen LogP contribution in [0.2, 0.25) is 0 Å². The summed E-state index contributed by atoms with van der Waals surface area (Å²) >= 11 is 0. The van der Waals surface area contributed by atoms with Gasteiger partial charge in [-0.15, -0.1) is 24.0 Å². The number of nitrogens with one attached hydrogen (secondary N) is 2. The molecule has 0 fully saturated rings. The molecule has 1 aromatic rings. The summed E-state index contributed by atoms with van der Waals surface area (Å²) in [5.41, 5.74) is 0.897. The number of guanidine groups is 1. The van der Waals surface area contributed by atoms with E-state index in [1.807, 2.05) is 6.07 Å². The fourth-order valence-corrected chi connectivity index (χ4v) is 1.58. The van der Waals surface area contributed by atoms with Gasteiger partial charge in [-0.2, -0.15) is 0 Å². The summed E-state index contributed by atoms with van der Waals surface area (Å²) < 4.78 is 13.0. The van der Waals surface area contributed by atoms with Crippen LogP contribution >= 0.6 is 24.0 Å². The summed E-state index contributed by atoms with van der Waals surface area (Å²) in [4.78, 5) is 6.35. The molecule has 0 aliphatic heterocycles. The highest BCUT2D eigenvalue weighted by molar-refractivity contribution is 14.0. The number of nitrogens with zero attached hydrogens (tertiary/aromatic N) is 2. The van der Waals surface area contributed by atoms with Crippen LogP contribution in [0.3, 0.4) is 0 Å². The van der Waals surface area contributed by atoms with Gasteiger partial charge in [-0.05, 0) is 31.3 Å². The molecule has 6 heteroatoms. The van der Waals surface area contributed by atoms with E-state index in [2.05, 4.69) is 34.5 Å². The SMILES string of the molecule is CCN(C)CCNC(=NC)NCc1cccc(F)c1.I. The van der Waals surface area contributed by atoms with Crippen molar-refractivity contribution in [3.63, 3.8) is 0 Å². The van der Waals surface area contributed by atoms with Gasteiger partial charge in [0.15, 0.2) is 5.96 Å². The second kappa shape index (κ2) is 10.8. The summed E-state index contributed by atoms with van der Waals surface area (Å²) in [6, 6.07) is 6.55. The summed E-state index contributed by atoms with van der Waals surface area (Å²) in [5, 5.41) is 6.38. The van der Waals surface area contributed by atoms with E-state index in [0.29, 0.717) is 6.54 Å². The third-order valence-corrected chi connectivity index (χ3v) is 2.90. The average molecular weight is 394 g/mol. The first-order valence-corrected chi connectivity index (χ1v) is 6.53. The van der Waals surface area contributed by atoms with Gasteiger partial charge >= 0.3 is 0 Å². The Labute approximate surface area is 137 Å². The van der Waals surface area contributed by atoms with Crippen molar-refractivity contribution in [3.8, 4) is 0 Å². The molecular weight excluding hydrogens is 370 g/mol. The molecule has 0 saturated carbocycles. The number of hydrogen-bond acceptors (Lipinski definition) is 2. The molecule has 0 amide bonds. The van der Waals surface area contributed by atoms with Crippen LogP contribution < -0.4 is 10.6 Å². The Kier molecular flexibility index (Phi) is 10.4. The van der Waals surface area contributed by atoms with E-state index in [1.165, 1.54) is 12.1 Å². The maximum atomic E-state index is 13.0. The Bertz CT molecular complexity index is 412. The van der Waals surface area contributed by atoms with Crippen LogP contribution in [0.4, 0.5) is 4.39 Å². The molecule has 2 N–H and O–H groups in total. The summed E-state index contributed by atoms with van der Waals surface area (Å²) in [7, 11) is 3.80. The molecule has 0 unspecified atom stereocenters. The van der Waals surface area contributed by atoms with Crippen LogP contribution in [0, 0.1) is 5.82 Å². The lowest BCUT2D eigenvalue weighted by Crippen LogP contribution is -2.40. The number of likely N-dealkylation sites (N-methyl/N-ethyl adjacent to an activating group) is 1. The molecule has 1 rings (SSSR count). The minimum Gasteiger partial charge on any atom is -0.355 e. The fourth-order valence-electron chi connectivity index (χ4n) is 1.58. The van der Waals surface area contributed by atoms with Crippen LogP contribution in [0.25, 0.3) is 0 Å². The maximum absolute atomic E-state index is 13.0. The predicted molar refractivity (Wildman–Crippen MR) is 93.2 cm³/mol. The molecule has 0 saturated heterocycles. The molecule has 0 atom stereocenters. The van der Waals surface area contributed by atoms with Crippen molar-refractivity contribution in [1.82, 2.24) is 15.5 Å². The maximum Gasteiger partial charge on any atom is 0.191 e. The number of rotatable bonds is 6. The van der Waals surface area contributed by atoms with Gasteiger partial charge in [0.2, 0.25) is 0 Å². The third kappa shape index (κ3) is 7.64. The molecule has 1 aromatic carbocycles. The first-order chi connectivity index (χ1) is 9.15. The summed E-state index contributed by atoms with van der Waals surface area (Å²) in [5.74, 6) is 0.514.